The molecule has 1 aromatic rings. The molecule has 1 rings (SSSR count). The maximum absolute atomic E-state index is 10.6. The van der Waals surface area contributed by atoms with Crippen LogP contribution in [0, 0.1) is 17.0 Å². The molecular formula is C8H10N2O4. The molecule has 1 aromatic heterocycles. The van der Waals surface area contributed by atoms with Gasteiger partial charge in [-0.1, -0.05) is 0 Å². The second-order valence-corrected chi connectivity index (χ2v) is 2.56. The van der Waals surface area contributed by atoms with Crippen molar-refractivity contribution >= 4 is 5.69 Å². The van der Waals surface area contributed by atoms with Crippen LogP contribution in [0.4, 0.5) is 5.69 Å². The third-order valence-corrected chi connectivity index (χ3v) is 1.72. The van der Waals surface area contributed by atoms with Gasteiger partial charge in [0.05, 0.1) is 30.9 Å². The van der Waals surface area contributed by atoms with E-state index in [1.807, 2.05) is 0 Å². The number of nitro groups is 1. The first-order valence-corrected chi connectivity index (χ1v) is 3.84. The molecule has 0 N–H and O–H groups in total. The molecule has 0 aliphatic rings. The standard InChI is InChI=1S/C8H10N2O4/c1-5-7(13-2)4-6(10(11)12)8(9-5)14-3/h4H,1-3H3. The van der Waals surface area contributed by atoms with Crippen LogP contribution in [-0.2, 0) is 0 Å². The molecule has 0 aliphatic heterocycles. The summed E-state index contributed by atoms with van der Waals surface area (Å²) in [6.45, 7) is 1.69. The number of nitrogens with zero attached hydrogens (tertiary/aromatic N) is 2. The Bertz CT molecular complexity index is 365. The van der Waals surface area contributed by atoms with Gasteiger partial charge in [0.1, 0.15) is 5.75 Å². The van der Waals surface area contributed by atoms with Crippen molar-refractivity contribution in [2.75, 3.05) is 14.2 Å². The van der Waals surface area contributed by atoms with E-state index in [0.717, 1.165) is 0 Å². The molecule has 0 saturated carbocycles. The van der Waals surface area contributed by atoms with Gasteiger partial charge in [0, 0.05) is 0 Å². The lowest BCUT2D eigenvalue weighted by molar-refractivity contribution is -0.386. The summed E-state index contributed by atoms with van der Waals surface area (Å²) in [6.07, 6.45) is 0. The molecule has 0 aliphatic carbocycles. The summed E-state index contributed by atoms with van der Waals surface area (Å²) >= 11 is 0. The number of methoxy groups -OCH3 is 2. The van der Waals surface area contributed by atoms with E-state index in [1.54, 1.807) is 6.92 Å². The minimum absolute atomic E-state index is 0.00620. The van der Waals surface area contributed by atoms with Crippen LogP contribution < -0.4 is 9.47 Å². The quantitative estimate of drug-likeness (QED) is 0.540. The lowest BCUT2D eigenvalue weighted by Gasteiger charge is -2.05. The first kappa shape index (κ1) is 10.2. The van der Waals surface area contributed by atoms with Gasteiger partial charge in [-0.25, -0.2) is 4.98 Å². The number of hydrogen-bond acceptors (Lipinski definition) is 5. The first-order valence-electron chi connectivity index (χ1n) is 3.84. The predicted molar refractivity (Wildman–Crippen MR) is 48.7 cm³/mol. The SMILES string of the molecule is COc1cc([N+](=O)[O-])c(OC)nc1C. The van der Waals surface area contributed by atoms with Crippen LogP contribution in [0.2, 0.25) is 0 Å². The zero-order valence-corrected chi connectivity index (χ0v) is 8.10. The highest BCUT2D eigenvalue weighted by Crippen LogP contribution is 2.30. The van der Waals surface area contributed by atoms with E-state index in [9.17, 15) is 10.1 Å². The average molecular weight is 198 g/mol. The Labute approximate surface area is 80.6 Å². The number of aryl methyl sites for hydroxylation is 1. The third kappa shape index (κ3) is 1.73. The van der Waals surface area contributed by atoms with Crippen molar-refractivity contribution in [3.8, 4) is 11.6 Å². The fourth-order valence-electron chi connectivity index (χ4n) is 1.04. The summed E-state index contributed by atoms with van der Waals surface area (Å²) in [4.78, 5) is 13.9. The minimum Gasteiger partial charge on any atom is -0.495 e. The molecule has 14 heavy (non-hydrogen) atoms. The van der Waals surface area contributed by atoms with E-state index < -0.39 is 4.92 Å². The van der Waals surface area contributed by atoms with E-state index in [1.165, 1.54) is 20.3 Å². The second kappa shape index (κ2) is 3.91. The average Bonchev–Trinajstić information content (AvgIpc) is 2.16. The number of pyridine rings is 1. The van der Waals surface area contributed by atoms with E-state index >= 15 is 0 Å². The largest absolute Gasteiger partial charge is 0.495 e. The van der Waals surface area contributed by atoms with E-state index in [-0.39, 0.29) is 11.6 Å². The Morgan fingerprint density at radius 1 is 1.43 bits per heavy atom. The smallest absolute Gasteiger partial charge is 0.334 e. The third-order valence-electron chi connectivity index (χ3n) is 1.72. The Morgan fingerprint density at radius 3 is 2.50 bits per heavy atom. The lowest BCUT2D eigenvalue weighted by atomic mass is 10.3. The summed E-state index contributed by atoms with van der Waals surface area (Å²) in [6, 6.07) is 1.29. The second-order valence-electron chi connectivity index (χ2n) is 2.56. The van der Waals surface area contributed by atoms with E-state index in [0.29, 0.717) is 11.4 Å². The van der Waals surface area contributed by atoms with Gasteiger partial charge in [-0.3, -0.25) is 10.1 Å². The Morgan fingerprint density at radius 2 is 2.07 bits per heavy atom. The molecular weight excluding hydrogens is 188 g/mol. The lowest BCUT2D eigenvalue weighted by Crippen LogP contribution is -1.99. The fraction of sp³-hybridized carbons (Fsp3) is 0.375. The molecule has 0 spiro atoms. The molecule has 76 valence electrons. The summed E-state index contributed by atoms with van der Waals surface area (Å²) in [5, 5.41) is 10.6. The Kier molecular flexibility index (Phi) is 2.85. The summed E-state index contributed by atoms with van der Waals surface area (Å²) in [7, 11) is 2.77. The van der Waals surface area contributed by atoms with Crippen molar-refractivity contribution in [2.24, 2.45) is 0 Å². The van der Waals surface area contributed by atoms with Gasteiger partial charge in [0.25, 0.3) is 5.88 Å². The molecule has 0 fully saturated rings. The van der Waals surface area contributed by atoms with Gasteiger partial charge < -0.3 is 9.47 Å². The van der Waals surface area contributed by atoms with Crippen LogP contribution in [0.15, 0.2) is 6.07 Å². The maximum Gasteiger partial charge on any atom is 0.334 e. The molecule has 6 heteroatoms. The number of rotatable bonds is 3. The van der Waals surface area contributed by atoms with Crippen molar-refractivity contribution < 1.29 is 14.4 Å². The molecule has 0 atom stereocenters. The predicted octanol–water partition coefficient (Wildman–Crippen LogP) is 1.32. The molecule has 0 amide bonds. The van der Waals surface area contributed by atoms with Gasteiger partial charge in [0.15, 0.2) is 0 Å². The van der Waals surface area contributed by atoms with Crippen molar-refractivity contribution in [3.63, 3.8) is 0 Å². The van der Waals surface area contributed by atoms with Crippen molar-refractivity contribution in [2.45, 2.75) is 6.92 Å². The van der Waals surface area contributed by atoms with Crippen molar-refractivity contribution in [1.82, 2.24) is 4.98 Å². The maximum atomic E-state index is 10.6. The van der Waals surface area contributed by atoms with Gasteiger partial charge in [-0.15, -0.1) is 0 Å². The summed E-state index contributed by atoms with van der Waals surface area (Å²) in [5.41, 5.74) is 0.352. The molecule has 0 bridgehead atoms. The van der Waals surface area contributed by atoms with E-state index in [2.05, 4.69) is 4.98 Å². The highest BCUT2D eigenvalue weighted by atomic mass is 16.6. The first-order chi connectivity index (χ1) is 6.60. The molecule has 1 heterocycles. The van der Waals surface area contributed by atoms with Crippen LogP contribution >= 0.6 is 0 Å². The minimum atomic E-state index is -0.562. The zero-order chi connectivity index (χ0) is 10.7. The molecule has 6 nitrogen and oxygen atoms in total. The summed E-state index contributed by atoms with van der Waals surface area (Å²) < 4.78 is 9.69. The molecule has 0 unspecified atom stereocenters. The van der Waals surface area contributed by atoms with Crippen molar-refractivity contribution in [1.29, 1.82) is 0 Å². The van der Waals surface area contributed by atoms with E-state index in [4.69, 9.17) is 9.47 Å². The van der Waals surface area contributed by atoms with Crippen LogP contribution in [0.5, 0.6) is 11.6 Å². The van der Waals surface area contributed by atoms with Crippen LogP contribution in [-0.4, -0.2) is 24.1 Å². The van der Waals surface area contributed by atoms with Gasteiger partial charge >= 0.3 is 5.69 Å². The monoisotopic (exact) mass is 198 g/mol. The zero-order valence-electron chi connectivity index (χ0n) is 8.10. The Hall–Kier alpha value is -1.85. The molecule has 0 radical (unpaired) electrons. The highest BCUT2D eigenvalue weighted by Gasteiger charge is 2.19. The van der Waals surface area contributed by atoms with Crippen LogP contribution in [0.25, 0.3) is 0 Å². The van der Waals surface area contributed by atoms with Crippen LogP contribution in [0.1, 0.15) is 5.69 Å². The topological polar surface area (TPSA) is 74.5 Å². The number of ether oxygens (including phenoxy) is 2. The molecule has 0 aromatic carbocycles. The Balaban J connectivity index is 3.32. The number of hydrogen-bond donors (Lipinski definition) is 0. The summed E-state index contributed by atoms with van der Waals surface area (Å²) in [5.74, 6) is 0.366. The normalized spacial score (nSPS) is 9.64. The van der Waals surface area contributed by atoms with Crippen LogP contribution in [0.3, 0.4) is 0 Å². The fourth-order valence-corrected chi connectivity index (χ4v) is 1.04. The van der Waals surface area contributed by atoms with Gasteiger partial charge in [-0.05, 0) is 6.92 Å². The molecule has 0 saturated heterocycles. The van der Waals surface area contributed by atoms with Gasteiger partial charge in [-0.2, -0.15) is 0 Å². The van der Waals surface area contributed by atoms with Gasteiger partial charge in [0.2, 0.25) is 0 Å². The number of aromatic nitrogens is 1. The van der Waals surface area contributed by atoms with Crippen molar-refractivity contribution in [3.05, 3.63) is 21.9 Å². The highest BCUT2D eigenvalue weighted by molar-refractivity contribution is 5.48.